The van der Waals surface area contributed by atoms with Gasteiger partial charge in [0, 0.05) is 50.1 Å². The van der Waals surface area contributed by atoms with Crippen LogP contribution in [0.15, 0.2) is 0 Å². The number of hydrogen-bond acceptors (Lipinski definition) is 2. The minimum Gasteiger partial charge on any atom is -0.166 e. The highest BCUT2D eigenvalue weighted by Gasteiger charge is 1.95. The van der Waals surface area contributed by atoms with E-state index in [-0.39, 0.29) is 0 Å². The third-order valence-electron chi connectivity index (χ3n) is 0.786. The van der Waals surface area contributed by atoms with Gasteiger partial charge < -0.3 is 0 Å². The molecule has 0 aromatic heterocycles. The Bertz CT molecular complexity index is 61.1. The topological polar surface area (TPSA) is 0 Å². The molecule has 11 heavy (non-hydrogen) atoms. The van der Waals surface area contributed by atoms with E-state index in [1.807, 2.05) is 40.9 Å². The largest absolute Gasteiger partial charge is 0.166 e. The Labute approximate surface area is 84.2 Å². The fourth-order valence-corrected chi connectivity index (χ4v) is 1.18. The first-order valence-corrected chi connectivity index (χ1v) is 5.77. The monoisotopic (exact) mass is 167 g/mol. The van der Waals surface area contributed by atoms with Crippen LogP contribution in [0, 0.1) is 0 Å². The SMILES string of the molecule is [B][B][B][B][B][B][B][B]SSC. The van der Waals surface area contributed by atoms with E-state index in [9.17, 15) is 0 Å². The minimum absolute atomic E-state index is 1.50. The van der Waals surface area contributed by atoms with Gasteiger partial charge >= 0.3 is 0 Å². The summed E-state index contributed by atoms with van der Waals surface area (Å²) >= 11 is 0. The van der Waals surface area contributed by atoms with E-state index in [1.165, 1.54) is 7.06 Å². The van der Waals surface area contributed by atoms with Gasteiger partial charge in [-0.25, -0.2) is 0 Å². The summed E-state index contributed by atoms with van der Waals surface area (Å²) in [4.78, 5) is 0. The lowest BCUT2D eigenvalue weighted by Gasteiger charge is -1.93. The summed E-state index contributed by atoms with van der Waals surface area (Å²) in [6.07, 6.45) is 4.07. The predicted octanol–water partition coefficient (Wildman–Crippen LogP) is -1.58. The molecule has 0 nitrogen and oxygen atoms in total. The Morgan fingerprint density at radius 3 is 2.27 bits per heavy atom. The standard InChI is InChI=1S/CH3B8S2/c1-10-11-9-8-7-6-5-4-3-2/h1H3. The van der Waals surface area contributed by atoms with Crippen molar-refractivity contribution in [2.75, 3.05) is 6.26 Å². The molecule has 43 valence electrons. The van der Waals surface area contributed by atoms with Crippen molar-refractivity contribution in [1.29, 1.82) is 0 Å². The van der Waals surface area contributed by atoms with Gasteiger partial charge in [-0.1, -0.05) is 0 Å². The van der Waals surface area contributed by atoms with E-state index in [0.717, 1.165) is 0 Å². The number of rotatable bonds is 8. The summed E-state index contributed by atoms with van der Waals surface area (Å²) in [7, 11) is 19.6. The molecule has 0 aliphatic carbocycles. The van der Waals surface area contributed by atoms with Gasteiger partial charge in [0.25, 0.3) is 0 Å². The molecule has 0 aliphatic heterocycles. The first kappa shape index (κ1) is 12.2. The predicted molar refractivity (Wildman–Crippen MR) is 67.1 cm³/mol. The van der Waals surface area contributed by atoms with Crippen LogP contribution in [0.2, 0.25) is 0 Å². The molecule has 0 aromatic rings. The minimum atomic E-state index is 1.50. The normalized spacial score (nSPS) is 7.73. The van der Waals surface area contributed by atoms with Crippen molar-refractivity contribution in [2.24, 2.45) is 0 Å². The highest BCUT2D eigenvalue weighted by Crippen LogP contribution is 2.12. The molecule has 0 saturated carbocycles. The van der Waals surface area contributed by atoms with Crippen molar-refractivity contribution >= 4 is 78.0 Å². The molecular formula is CH3B8S2. The zero-order chi connectivity index (χ0) is 8.36. The second kappa shape index (κ2) is 11.2. The van der Waals surface area contributed by atoms with Crippen molar-refractivity contribution in [2.45, 2.75) is 0 Å². The third-order valence-corrected chi connectivity index (χ3v) is 2.16. The highest BCUT2D eigenvalue weighted by molar-refractivity contribution is 8.86. The Hall–Kier alpha value is 1.22. The van der Waals surface area contributed by atoms with E-state index in [0.29, 0.717) is 0 Å². The lowest BCUT2D eigenvalue weighted by atomic mass is 8.93. The molecule has 9 radical (unpaired) electrons. The van der Waals surface area contributed by atoms with Crippen LogP contribution in [-0.4, -0.2) is 62.8 Å². The van der Waals surface area contributed by atoms with Gasteiger partial charge in [-0.05, 0) is 6.26 Å². The summed E-state index contributed by atoms with van der Waals surface area (Å²) in [6, 6.07) is 0. The maximum atomic E-state index is 5.12. The van der Waals surface area contributed by atoms with Crippen LogP contribution in [0.4, 0.5) is 0 Å². The molecule has 0 amide bonds. The molecule has 0 heterocycles. The zero-order valence-electron chi connectivity index (χ0n) is 6.44. The molecule has 0 atom stereocenters. The first-order valence-electron chi connectivity index (χ1n) is 3.14. The smallest absolute Gasteiger partial charge is 0.149 e. The zero-order valence-corrected chi connectivity index (χ0v) is 8.07. The van der Waals surface area contributed by atoms with E-state index < -0.39 is 0 Å². The van der Waals surface area contributed by atoms with Gasteiger partial charge in [-0.3, -0.25) is 0 Å². The quantitative estimate of drug-likeness (QED) is 0.242. The van der Waals surface area contributed by atoms with Gasteiger partial charge in [0.15, 0.2) is 0 Å². The molecule has 0 bridgehead atoms. The van der Waals surface area contributed by atoms with Crippen molar-refractivity contribution in [1.82, 2.24) is 0 Å². The lowest BCUT2D eigenvalue weighted by Crippen LogP contribution is -2.27. The molecule has 0 rings (SSSR count). The van der Waals surface area contributed by atoms with Gasteiger partial charge in [0.2, 0.25) is 0 Å². The molecule has 0 aromatic carbocycles. The van der Waals surface area contributed by atoms with E-state index >= 15 is 0 Å². The molecular weight excluding hydrogens is 163 g/mol. The summed E-state index contributed by atoms with van der Waals surface area (Å²) in [5, 5.41) is 0. The second-order valence-corrected chi connectivity index (χ2v) is 3.93. The van der Waals surface area contributed by atoms with Gasteiger partial charge in [-0.15, -0.1) is 10.8 Å². The second-order valence-electron chi connectivity index (χ2n) is 1.55. The molecule has 0 aliphatic rings. The lowest BCUT2D eigenvalue weighted by molar-refractivity contribution is 2.55. The van der Waals surface area contributed by atoms with E-state index in [2.05, 4.69) is 0 Å². The Morgan fingerprint density at radius 2 is 1.64 bits per heavy atom. The summed E-state index contributed by atoms with van der Waals surface area (Å²) in [5.41, 5.74) is 0. The molecule has 0 unspecified atom stereocenters. The molecule has 10 heteroatoms. The van der Waals surface area contributed by atoms with E-state index in [4.69, 9.17) is 7.74 Å². The first-order chi connectivity index (χ1) is 5.41. The maximum absolute atomic E-state index is 5.12. The third kappa shape index (κ3) is 11.2. The summed E-state index contributed by atoms with van der Waals surface area (Å²) < 4.78 is 0. The van der Waals surface area contributed by atoms with Crippen LogP contribution < -0.4 is 0 Å². The molecule has 0 fully saturated rings. The maximum Gasteiger partial charge on any atom is 0.149 e. The van der Waals surface area contributed by atoms with Crippen LogP contribution in [0.3, 0.4) is 0 Å². The Morgan fingerprint density at radius 1 is 1.00 bits per heavy atom. The number of hydrogen-bond donors (Lipinski definition) is 0. The van der Waals surface area contributed by atoms with Gasteiger partial charge in [0.05, 0.1) is 0 Å². The van der Waals surface area contributed by atoms with Crippen LogP contribution in [0.25, 0.3) is 0 Å². The Balaban J connectivity index is 2.69. The van der Waals surface area contributed by atoms with E-state index in [1.54, 1.807) is 28.5 Å². The van der Waals surface area contributed by atoms with Crippen LogP contribution in [-0.2, 0) is 0 Å². The summed E-state index contributed by atoms with van der Waals surface area (Å²) in [5.74, 6) is 0. The van der Waals surface area contributed by atoms with Crippen LogP contribution >= 0.6 is 21.4 Å². The molecule has 0 saturated heterocycles. The van der Waals surface area contributed by atoms with Crippen molar-refractivity contribution in [3.8, 4) is 0 Å². The fraction of sp³-hybridized carbons (Fsp3) is 1.00. The van der Waals surface area contributed by atoms with Crippen LogP contribution in [0.1, 0.15) is 0 Å². The van der Waals surface area contributed by atoms with Gasteiger partial charge in [-0.2, -0.15) is 10.6 Å². The van der Waals surface area contributed by atoms with Crippen molar-refractivity contribution in [3.05, 3.63) is 0 Å². The van der Waals surface area contributed by atoms with Gasteiger partial charge in [0.1, 0.15) is 6.45 Å². The van der Waals surface area contributed by atoms with Crippen molar-refractivity contribution < 1.29 is 0 Å². The van der Waals surface area contributed by atoms with Crippen LogP contribution in [0.5, 0.6) is 0 Å². The fourth-order valence-electron chi connectivity index (χ4n) is 0.390. The molecule has 0 N–H and O–H groups in total. The average molecular weight is 166 g/mol. The Kier molecular flexibility index (Phi) is 12.5. The molecule has 0 spiro atoms. The highest BCUT2D eigenvalue weighted by atomic mass is 33.1. The summed E-state index contributed by atoms with van der Waals surface area (Å²) in [6.45, 7) is 0. The average Bonchev–Trinajstić information content (AvgIpc) is 2.03. The van der Waals surface area contributed by atoms with Crippen molar-refractivity contribution in [3.63, 3.8) is 0 Å².